The SMILES string of the molecule is COCCC(C)(C(=O)O)c1ccc[nH]1. The van der Waals surface area contributed by atoms with E-state index in [4.69, 9.17) is 9.84 Å². The van der Waals surface area contributed by atoms with Gasteiger partial charge in [-0.05, 0) is 25.5 Å². The molecule has 0 aliphatic heterocycles. The van der Waals surface area contributed by atoms with Crippen LogP contribution in [-0.4, -0.2) is 29.8 Å². The minimum atomic E-state index is -0.889. The van der Waals surface area contributed by atoms with Gasteiger partial charge in [0, 0.05) is 25.6 Å². The number of ether oxygens (including phenoxy) is 1. The van der Waals surface area contributed by atoms with Crippen molar-refractivity contribution in [1.82, 2.24) is 4.98 Å². The molecule has 78 valence electrons. The third-order valence-corrected chi connectivity index (χ3v) is 2.47. The van der Waals surface area contributed by atoms with Gasteiger partial charge in [0.25, 0.3) is 0 Å². The van der Waals surface area contributed by atoms with Crippen LogP contribution in [0, 0.1) is 0 Å². The van der Waals surface area contributed by atoms with Crippen LogP contribution in [0.5, 0.6) is 0 Å². The van der Waals surface area contributed by atoms with Gasteiger partial charge >= 0.3 is 5.97 Å². The zero-order valence-corrected chi connectivity index (χ0v) is 8.41. The van der Waals surface area contributed by atoms with E-state index in [2.05, 4.69) is 4.98 Å². The van der Waals surface area contributed by atoms with Crippen molar-refractivity contribution < 1.29 is 14.6 Å². The van der Waals surface area contributed by atoms with E-state index >= 15 is 0 Å². The number of hydrogen-bond donors (Lipinski definition) is 2. The second-order valence-corrected chi connectivity index (χ2v) is 3.46. The lowest BCUT2D eigenvalue weighted by Gasteiger charge is -2.23. The van der Waals surface area contributed by atoms with E-state index in [9.17, 15) is 4.79 Å². The van der Waals surface area contributed by atoms with Gasteiger partial charge in [-0.3, -0.25) is 4.79 Å². The second kappa shape index (κ2) is 4.28. The zero-order valence-electron chi connectivity index (χ0n) is 8.41. The van der Waals surface area contributed by atoms with E-state index in [1.807, 2.05) is 0 Å². The summed E-state index contributed by atoms with van der Waals surface area (Å²) in [7, 11) is 1.57. The number of carboxylic acid groups (broad SMARTS) is 1. The fourth-order valence-corrected chi connectivity index (χ4v) is 1.34. The molecule has 2 N–H and O–H groups in total. The highest BCUT2D eigenvalue weighted by Crippen LogP contribution is 2.26. The third kappa shape index (κ3) is 1.96. The number of carbonyl (C=O) groups is 1. The topological polar surface area (TPSA) is 62.3 Å². The molecule has 0 saturated carbocycles. The van der Waals surface area contributed by atoms with Crippen LogP contribution in [0.3, 0.4) is 0 Å². The smallest absolute Gasteiger partial charge is 0.315 e. The van der Waals surface area contributed by atoms with Crippen molar-refractivity contribution in [3.8, 4) is 0 Å². The Bertz CT molecular complexity index is 294. The molecule has 1 atom stereocenters. The minimum absolute atomic E-state index is 0.432. The summed E-state index contributed by atoms with van der Waals surface area (Å²) < 4.78 is 4.91. The maximum Gasteiger partial charge on any atom is 0.315 e. The summed E-state index contributed by atoms with van der Waals surface area (Å²) in [6.07, 6.45) is 2.18. The Hall–Kier alpha value is -1.29. The average molecular weight is 197 g/mol. The molecule has 1 aromatic rings. The van der Waals surface area contributed by atoms with Crippen LogP contribution in [0.1, 0.15) is 19.0 Å². The molecule has 0 aromatic carbocycles. The highest BCUT2D eigenvalue weighted by molar-refractivity contribution is 5.80. The van der Waals surface area contributed by atoms with Crippen molar-refractivity contribution in [2.75, 3.05) is 13.7 Å². The van der Waals surface area contributed by atoms with E-state index in [-0.39, 0.29) is 0 Å². The molecule has 1 unspecified atom stereocenters. The number of aromatic amines is 1. The molecule has 0 saturated heterocycles. The Labute approximate surface area is 82.9 Å². The minimum Gasteiger partial charge on any atom is -0.481 e. The van der Waals surface area contributed by atoms with Gasteiger partial charge in [0.15, 0.2) is 0 Å². The van der Waals surface area contributed by atoms with Crippen molar-refractivity contribution in [2.45, 2.75) is 18.8 Å². The summed E-state index contributed by atoms with van der Waals surface area (Å²) in [5.74, 6) is -0.836. The maximum atomic E-state index is 11.1. The summed E-state index contributed by atoms with van der Waals surface area (Å²) in [6, 6.07) is 3.58. The molecule has 0 spiro atoms. The fraction of sp³-hybridized carbons (Fsp3) is 0.500. The lowest BCUT2D eigenvalue weighted by Crippen LogP contribution is -2.34. The molecule has 4 heteroatoms. The van der Waals surface area contributed by atoms with Gasteiger partial charge in [-0.2, -0.15) is 0 Å². The Kier molecular flexibility index (Phi) is 3.30. The molecule has 4 nitrogen and oxygen atoms in total. The first-order chi connectivity index (χ1) is 6.61. The predicted octanol–water partition coefficient (Wildman–Crippen LogP) is 1.39. The number of rotatable bonds is 5. The highest BCUT2D eigenvalue weighted by Gasteiger charge is 2.35. The normalized spacial score (nSPS) is 15.0. The van der Waals surface area contributed by atoms with Crippen molar-refractivity contribution in [2.24, 2.45) is 0 Å². The molecule has 0 radical (unpaired) electrons. The molecule has 1 rings (SSSR count). The van der Waals surface area contributed by atoms with Crippen molar-refractivity contribution in [3.05, 3.63) is 24.0 Å². The number of nitrogens with one attached hydrogen (secondary N) is 1. The molecule has 0 bridgehead atoms. The molecule has 0 amide bonds. The van der Waals surface area contributed by atoms with Gasteiger partial charge in [0.2, 0.25) is 0 Å². The van der Waals surface area contributed by atoms with Gasteiger partial charge in [-0.15, -0.1) is 0 Å². The third-order valence-electron chi connectivity index (χ3n) is 2.47. The van der Waals surface area contributed by atoms with Gasteiger partial charge in [-0.25, -0.2) is 0 Å². The van der Waals surface area contributed by atoms with Crippen LogP contribution in [0.2, 0.25) is 0 Å². The highest BCUT2D eigenvalue weighted by atomic mass is 16.5. The van der Waals surface area contributed by atoms with Gasteiger partial charge in [0.1, 0.15) is 5.41 Å². The van der Waals surface area contributed by atoms with Gasteiger partial charge < -0.3 is 14.8 Å². The van der Waals surface area contributed by atoms with E-state index in [0.29, 0.717) is 18.7 Å². The molecule has 0 aliphatic carbocycles. The first-order valence-corrected chi connectivity index (χ1v) is 4.47. The first-order valence-electron chi connectivity index (χ1n) is 4.47. The van der Waals surface area contributed by atoms with Crippen molar-refractivity contribution >= 4 is 5.97 Å². The number of methoxy groups -OCH3 is 1. The Morgan fingerprint density at radius 1 is 1.71 bits per heavy atom. The van der Waals surface area contributed by atoms with E-state index in [1.54, 1.807) is 32.4 Å². The fourth-order valence-electron chi connectivity index (χ4n) is 1.34. The van der Waals surface area contributed by atoms with E-state index in [0.717, 1.165) is 0 Å². The Balaban J connectivity index is 2.87. The summed E-state index contributed by atoms with van der Waals surface area (Å²) >= 11 is 0. The molecule has 14 heavy (non-hydrogen) atoms. The lowest BCUT2D eigenvalue weighted by molar-refractivity contribution is -0.144. The van der Waals surface area contributed by atoms with Gasteiger partial charge in [0.05, 0.1) is 0 Å². The number of aromatic nitrogens is 1. The molecule has 0 fully saturated rings. The van der Waals surface area contributed by atoms with Crippen LogP contribution < -0.4 is 0 Å². The zero-order chi connectivity index (χ0) is 10.6. The molecule has 0 aliphatic rings. The Morgan fingerprint density at radius 3 is 2.86 bits per heavy atom. The molecule has 1 heterocycles. The summed E-state index contributed by atoms with van der Waals surface area (Å²) in [6.45, 7) is 2.13. The first kappa shape index (κ1) is 10.8. The molecular formula is C10H15NO3. The van der Waals surface area contributed by atoms with Crippen LogP contribution in [0.15, 0.2) is 18.3 Å². The van der Waals surface area contributed by atoms with Crippen molar-refractivity contribution in [1.29, 1.82) is 0 Å². The van der Waals surface area contributed by atoms with E-state index in [1.165, 1.54) is 0 Å². The molecule has 1 aromatic heterocycles. The average Bonchev–Trinajstić information content (AvgIpc) is 2.66. The predicted molar refractivity (Wildman–Crippen MR) is 52.3 cm³/mol. The van der Waals surface area contributed by atoms with Crippen LogP contribution in [0.25, 0.3) is 0 Å². The standard InChI is InChI=1S/C10H15NO3/c1-10(9(12)13,5-7-14-2)8-4-3-6-11-8/h3-4,6,11H,5,7H2,1-2H3,(H,12,13). The van der Waals surface area contributed by atoms with Crippen LogP contribution >= 0.6 is 0 Å². The number of carboxylic acids is 1. The summed E-state index contributed by atoms with van der Waals surface area (Å²) in [5.41, 5.74) is -0.179. The van der Waals surface area contributed by atoms with E-state index < -0.39 is 11.4 Å². The molecular weight excluding hydrogens is 182 g/mol. The number of hydrogen-bond acceptors (Lipinski definition) is 2. The number of H-pyrrole nitrogens is 1. The number of aliphatic carboxylic acids is 1. The van der Waals surface area contributed by atoms with Crippen LogP contribution in [-0.2, 0) is 14.9 Å². The van der Waals surface area contributed by atoms with Crippen molar-refractivity contribution in [3.63, 3.8) is 0 Å². The maximum absolute atomic E-state index is 11.1. The Morgan fingerprint density at radius 2 is 2.43 bits per heavy atom. The lowest BCUT2D eigenvalue weighted by atomic mass is 9.84. The van der Waals surface area contributed by atoms with Crippen LogP contribution in [0.4, 0.5) is 0 Å². The van der Waals surface area contributed by atoms with Gasteiger partial charge in [-0.1, -0.05) is 0 Å². The monoisotopic (exact) mass is 197 g/mol. The summed E-state index contributed by atoms with van der Waals surface area (Å²) in [4.78, 5) is 14.1. The quantitative estimate of drug-likeness (QED) is 0.749. The summed E-state index contributed by atoms with van der Waals surface area (Å²) in [5, 5.41) is 9.16. The second-order valence-electron chi connectivity index (χ2n) is 3.46. The largest absolute Gasteiger partial charge is 0.481 e.